The highest BCUT2D eigenvalue weighted by molar-refractivity contribution is 6.13. The first-order valence-corrected chi connectivity index (χ1v) is 16.7. The smallest absolute Gasteiger partial charge is 0.136 e. The number of para-hydroxylation sites is 1. The normalized spacial score (nSPS) is 11.3. The first-order chi connectivity index (χ1) is 24.3. The molecule has 0 aliphatic heterocycles. The van der Waals surface area contributed by atoms with Crippen molar-refractivity contribution in [2.75, 3.05) is 0 Å². The second-order valence-corrected chi connectivity index (χ2v) is 12.5. The van der Waals surface area contributed by atoms with Gasteiger partial charge in [0.2, 0.25) is 0 Å². The molecule has 9 rings (SSSR count). The first kappa shape index (κ1) is 28.8. The van der Waals surface area contributed by atoms with Crippen molar-refractivity contribution in [2.45, 2.75) is 0 Å². The number of fused-ring (bicyclic) bond motifs is 3. The molecule has 1 heterocycles. The van der Waals surface area contributed by atoms with E-state index in [9.17, 15) is 0 Å². The molecular weight excluding hydrogens is 593 g/mol. The molecule has 1 heteroatoms. The van der Waals surface area contributed by atoms with Crippen LogP contribution >= 0.6 is 0 Å². The monoisotopic (exact) mass is 624 g/mol. The van der Waals surface area contributed by atoms with Crippen LogP contribution in [0, 0.1) is 0 Å². The van der Waals surface area contributed by atoms with Gasteiger partial charge in [-0.15, -0.1) is 0 Å². The van der Waals surface area contributed by atoms with Crippen LogP contribution in [0.4, 0.5) is 0 Å². The summed E-state index contributed by atoms with van der Waals surface area (Å²) in [6.45, 7) is 0. The van der Waals surface area contributed by atoms with Gasteiger partial charge in [0, 0.05) is 10.8 Å². The summed E-state index contributed by atoms with van der Waals surface area (Å²) in [6, 6.07) is 69.4. The molecule has 49 heavy (non-hydrogen) atoms. The zero-order valence-corrected chi connectivity index (χ0v) is 26.9. The van der Waals surface area contributed by atoms with E-state index >= 15 is 0 Å². The van der Waals surface area contributed by atoms with E-state index in [1.165, 1.54) is 55.6 Å². The fourth-order valence-electron chi connectivity index (χ4n) is 6.97. The Bertz CT molecular complexity index is 2440. The topological polar surface area (TPSA) is 13.1 Å². The van der Waals surface area contributed by atoms with E-state index in [4.69, 9.17) is 4.42 Å². The average Bonchev–Trinajstić information content (AvgIpc) is 3.57. The van der Waals surface area contributed by atoms with Crippen LogP contribution in [0.1, 0.15) is 0 Å². The highest BCUT2D eigenvalue weighted by Crippen LogP contribution is 2.42. The van der Waals surface area contributed by atoms with Crippen molar-refractivity contribution in [3.63, 3.8) is 0 Å². The molecule has 9 aromatic rings. The minimum Gasteiger partial charge on any atom is -0.456 e. The van der Waals surface area contributed by atoms with Gasteiger partial charge in [0.15, 0.2) is 0 Å². The largest absolute Gasteiger partial charge is 0.456 e. The van der Waals surface area contributed by atoms with Crippen LogP contribution in [-0.2, 0) is 0 Å². The predicted octanol–water partition coefficient (Wildman–Crippen LogP) is 13.6. The second-order valence-electron chi connectivity index (χ2n) is 12.5. The van der Waals surface area contributed by atoms with E-state index in [-0.39, 0.29) is 0 Å². The van der Waals surface area contributed by atoms with E-state index < -0.39 is 0 Å². The maximum absolute atomic E-state index is 6.52. The Morgan fingerprint density at radius 3 is 1.12 bits per heavy atom. The maximum atomic E-state index is 6.52. The SMILES string of the molecule is c1ccc(-c2ccc(-c3cc(-c4ccc(-c5ccccc5)cc4)cc(-c4cc(-c5ccccc5)c5c(c4)oc4ccccc45)c3)cc2)cc1. The van der Waals surface area contributed by atoms with E-state index in [1.807, 2.05) is 6.07 Å². The summed E-state index contributed by atoms with van der Waals surface area (Å²) >= 11 is 0. The Hall–Kier alpha value is -6.44. The van der Waals surface area contributed by atoms with Gasteiger partial charge in [-0.2, -0.15) is 0 Å². The lowest BCUT2D eigenvalue weighted by molar-refractivity contribution is 0.669. The molecule has 0 atom stereocenters. The predicted molar refractivity (Wildman–Crippen MR) is 206 cm³/mol. The Labute approximate surface area is 286 Å². The van der Waals surface area contributed by atoms with Gasteiger partial charge in [-0.05, 0) is 103 Å². The fourth-order valence-corrected chi connectivity index (χ4v) is 6.97. The Morgan fingerprint density at radius 1 is 0.245 bits per heavy atom. The molecule has 1 aromatic heterocycles. The number of furan rings is 1. The lowest BCUT2D eigenvalue weighted by Crippen LogP contribution is -1.88. The van der Waals surface area contributed by atoms with Gasteiger partial charge in [0.05, 0.1) is 0 Å². The molecule has 8 aromatic carbocycles. The Morgan fingerprint density at radius 2 is 0.612 bits per heavy atom. The molecule has 0 amide bonds. The quantitative estimate of drug-likeness (QED) is 0.179. The van der Waals surface area contributed by atoms with Crippen LogP contribution in [0.2, 0.25) is 0 Å². The fraction of sp³-hybridized carbons (Fsp3) is 0. The third kappa shape index (κ3) is 5.52. The second kappa shape index (κ2) is 12.3. The zero-order chi connectivity index (χ0) is 32.6. The molecule has 0 saturated heterocycles. The third-order valence-corrected chi connectivity index (χ3v) is 9.48. The van der Waals surface area contributed by atoms with Gasteiger partial charge in [-0.25, -0.2) is 0 Å². The maximum Gasteiger partial charge on any atom is 0.136 e. The van der Waals surface area contributed by atoms with E-state index in [0.717, 1.165) is 33.1 Å². The zero-order valence-electron chi connectivity index (χ0n) is 26.9. The van der Waals surface area contributed by atoms with Crippen molar-refractivity contribution in [2.24, 2.45) is 0 Å². The van der Waals surface area contributed by atoms with Crippen LogP contribution < -0.4 is 0 Å². The Kier molecular flexibility index (Phi) is 7.22. The molecule has 230 valence electrons. The van der Waals surface area contributed by atoms with Crippen molar-refractivity contribution in [3.05, 3.63) is 194 Å². The lowest BCUT2D eigenvalue weighted by atomic mass is 9.90. The van der Waals surface area contributed by atoms with Gasteiger partial charge < -0.3 is 4.42 Å². The summed E-state index contributed by atoms with van der Waals surface area (Å²) in [5.41, 5.74) is 16.0. The summed E-state index contributed by atoms with van der Waals surface area (Å²) in [6.07, 6.45) is 0. The van der Waals surface area contributed by atoms with Gasteiger partial charge >= 0.3 is 0 Å². The van der Waals surface area contributed by atoms with E-state index in [0.29, 0.717) is 0 Å². The van der Waals surface area contributed by atoms with Gasteiger partial charge in [-0.1, -0.05) is 158 Å². The summed E-state index contributed by atoms with van der Waals surface area (Å²) in [5, 5.41) is 2.28. The Balaban J connectivity index is 1.22. The summed E-state index contributed by atoms with van der Waals surface area (Å²) in [4.78, 5) is 0. The minimum atomic E-state index is 0.893. The molecule has 0 aliphatic rings. The lowest BCUT2D eigenvalue weighted by Gasteiger charge is -2.14. The standard InChI is InChI=1S/C48H32O/c1-4-12-33(13-5-1)35-20-24-37(25-21-35)40-28-41(38-26-22-36(23-27-38)34-14-6-2-7-15-34)30-42(29-40)43-31-45(39-16-8-3-9-17-39)48-44-18-10-11-19-46(44)49-47(48)32-43/h1-32H. The van der Waals surface area contributed by atoms with Crippen LogP contribution in [0.25, 0.3) is 88.7 Å². The van der Waals surface area contributed by atoms with Crippen LogP contribution in [0.5, 0.6) is 0 Å². The minimum absolute atomic E-state index is 0.893. The molecule has 1 nitrogen and oxygen atoms in total. The summed E-state index contributed by atoms with van der Waals surface area (Å²) in [5.74, 6) is 0. The number of benzene rings is 8. The molecule has 0 unspecified atom stereocenters. The first-order valence-electron chi connectivity index (χ1n) is 16.7. The van der Waals surface area contributed by atoms with Crippen molar-refractivity contribution >= 4 is 21.9 Å². The highest BCUT2D eigenvalue weighted by atomic mass is 16.3. The van der Waals surface area contributed by atoms with E-state index in [2.05, 4.69) is 188 Å². The number of hydrogen-bond donors (Lipinski definition) is 0. The van der Waals surface area contributed by atoms with E-state index in [1.54, 1.807) is 0 Å². The molecule has 0 fully saturated rings. The average molecular weight is 625 g/mol. The summed E-state index contributed by atoms with van der Waals surface area (Å²) < 4.78 is 6.52. The summed E-state index contributed by atoms with van der Waals surface area (Å²) in [7, 11) is 0. The van der Waals surface area contributed by atoms with Crippen LogP contribution in [-0.4, -0.2) is 0 Å². The molecule has 0 aliphatic carbocycles. The molecular formula is C48H32O. The van der Waals surface area contributed by atoms with Gasteiger partial charge in [0.1, 0.15) is 11.2 Å². The third-order valence-electron chi connectivity index (χ3n) is 9.48. The number of hydrogen-bond acceptors (Lipinski definition) is 1. The van der Waals surface area contributed by atoms with Gasteiger partial charge in [0.25, 0.3) is 0 Å². The van der Waals surface area contributed by atoms with Crippen molar-refractivity contribution in [3.8, 4) is 66.8 Å². The van der Waals surface area contributed by atoms with Crippen LogP contribution in [0.15, 0.2) is 199 Å². The molecule has 0 saturated carbocycles. The van der Waals surface area contributed by atoms with Crippen molar-refractivity contribution < 1.29 is 4.42 Å². The number of rotatable bonds is 6. The molecule has 0 N–H and O–H groups in total. The van der Waals surface area contributed by atoms with Crippen molar-refractivity contribution in [1.82, 2.24) is 0 Å². The molecule has 0 bridgehead atoms. The molecule has 0 spiro atoms. The van der Waals surface area contributed by atoms with Gasteiger partial charge in [-0.3, -0.25) is 0 Å². The molecule has 0 radical (unpaired) electrons. The van der Waals surface area contributed by atoms with Crippen molar-refractivity contribution in [1.29, 1.82) is 0 Å². The highest BCUT2D eigenvalue weighted by Gasteiger charge is 2.16. The van der Waals surface area contributed by atoms with Crippen LogP contribution in [0.3, 0.4) is 0 Å².